The lowest BCUT2D eigenvalue weighted by molar-refractivity contribution is -0.131. The molecule has 178 valence electrons. The summed E-state index contributed by atoms with van der Waals surface area (Å²) >= 11 is 0. The van der Waals surface area contributed by atoms with Crippen molar-refractivity contribution in [2.75, 3.05) is 0 Å². The van der Waals surface area contributed by atoms with Crippen LogP contribution in [0.2, 0.25) is 18.1 Å². The van der Waals surface area contributed by atoms with Crippen molar-refractivity contribution in [1.82, 2.24) is 0 Å². The van der Waals surface area contributed by atoms with Gasteiger partial charge in [-0.1, -0.05) is 41.5 Å². The molecule has 4 aliphatic carbocycles. The predicted molar refractivity (Wildman–Crippen MR) is 133 cm³/mol. The van der Waals surface area contributed by atoms with Gasteiger partial charge in [-0.25, -0.2) is 0 Å². The highest BCUT2D eigenvalue weighted by Gasteiger charge is 2.60. The minimum atomic E-state index is -1.50. The summed E-state index contributed by atoms with van der Waals surface area (Å²) in [4.78, 5) is 11.6. The van der Waals surface area contributed by atoms with E-state index >= 15 is 0 Å². The molecule has 4 rings (SSSR count). The molecule has 0 aromatic carbocycles. The first-order valence-corrected chi connectivity index (χ1v) is 16.4. The number of fused-ring (bicyclic) bond motifs is 5. The Kier molecular flexibility index (Phi) is 6.88. The molecule has 4 saturated carbocycles. The second-order valence-electron chi connectivity index (χ2n) is 12.6. The number of aldehydes is 1. The fourth-order valence-electron chi connectivity index (χ4n) is 9.68. The van der Waals surface area contributed by atoms with Gasteiger partial charge < -0.3 is 9.22 Å². The summed E-state index contributed by atoms with van der Waals surface area (Å²) in [6, 6.07) is 3.84. The van der Waals surface area contributed by atoms with Crippen LogP contribution in [-0.2, 0) is 9.22 Å². The van der Waals surface area contributed by atoms with Crippen molar-refractivity contribution >= 4 is 14.6 Å². The molecular weight excluding hydrogens is 396 g/mol. The smallest absolute Gasteiger partial charge is 0.192 e. The molecule has 0 spiro atoms. The molecule has 9 atom stereocenters. The summed E-state index contributed by atoms with van der Waals surface area (Å²) in [6.45, 7) is 14.5. The molecule has 0 saturated heterocycles. The van der Waals surface area contributed by atoms with Gasteiger partial charge >= 0.3 is 0 Å². The molecule has 0 aliphatic heterocycles. The molecule has 2 nitrogen and oxygen atoms in total. The van der Waals surface area contributed by atoms with Crippen LogP contribution in [-0.4, -0.2) is 20.7 Å². The molecule has 3 heteroatoms. The second kappa shape index (κ2) is 8.89. The van der Waals surface area contributed by atoms with Gasteiger partial charge in [0.15, 0.2) is 8.32 Å². The van der Waals surface area contributed by atoms with Crippen molar-refractivity contribution in [3.63, 3.8) is 0 Å². The molecule has 0 aromatic heterocycles. The first-order valence-electron chi connectivity index (χ1n) is 13.9. The lowest BCUT2D eigenvalue weighted by Crippen LogP contribution is -2.55. The van der Waals surface area contributed by atoms with E-state index in [1.54, 1.807) is 0 Å². The fourth-order valence-corrected chi connectivity index (χ4v) is 12.6. The molecule has 0 N–H and O–H groups in total. The Labute approximate surface area is 193 Å². The highest BCUT2D eigenvalue weighted by atomic mass is 28.4. The summed E-state index contributed by atoms with van der Waals surface area (Å²) in [5.74, 6) is 4.44. The molecule has 0 aromatic rings. The van der Waals surface area contributed by atoms with Crippen LogP contribution in [0.25, 0.3) is 0 Å². The fraction of sp³-hybridized carbons (Fsp3) is 0.964. The van der Waals surface area contributed by atoms with Crippen LogP contribution in [0, 0.1) is 46.3 Å². The molecule has 0 amide bonds. The van der Waals surface area contributed by atoms with Gasteiger partial charge in [0.2, 0.25) is 0 Å². The minimum Gasteiger partial charge on any atom is -0.414 e. The molecule has 0 heterocycles. The Bertz CT molecular complexity index is 637. The Balaban J connectivity index is 1.48. The van der Waals surface area contributed by atoms with Gasteiger partial charge in [0.05, 0.1) is 0 Å². The van der Waals surface area contributed by atoms with Crippen LogP contribution in [0.3, 0.4) is 0 Å². The first kappa shape index (κ1) is 24.0. The number of hydrogen-bond donors (Lipinski definition) is 0. The average molecular weight is 447 g/mol. The lowest BCUT2D eigenvalue weighted by Gasteiger charge is -2.61. The van der Waals surface area contributed by atoms with E-state index in [0.29, 0.717) is 22.9 Å². The SMILES string of the molecule is CC[Si](CC)(CC)OC1CC[C@@]2(C)C(CC[C@H]3[C@@H]4CC[C@H]([C@H](C)C=O)[C@@]4(C)CC[C@@H]32)C1. The maximum absolute atomic E-state index is 11.6. The van der Waals surface area contributed by atoms with E-state index in [1.165, 1.54) is 82.2 Å². The quantitative estimate of drug-likeness (QED) is 0.294. The van der Waals surface area contributed by atoms with Gasteiger partial charge in [-0.15, -0.1) is 0 Å². The number of carbonyl (C=O) groups excluding carboxylic acids is 1. The van der Waals surface area contributed by atoms with E-state index in [1.807, 2.05) is 0 Å². The van der Waals surface area contributed by atoms with Gasteiger partial charge in [0.1, 0.15) is 6.29 Å². The van der Waals surface area contributed by atoms with Crippen molar-refractivity contribution in [3.05, 3.63) is 0 Å². The van der Waals surface area contributed by atoms with Crippen molar-refractivity contribution in [2.45, 2.75) is 124 Å². The molecular formula is C28H50O2Si. The van der Waals surface area contributed by atoms with Gasteiger partial charge in [0, 0.05) is 12.0 Å². The molecule has 2 unspecified atom stereocenters. The second-order valence-corrected chi connectivity index (χ2v) is 17.4. The summed E-state index contributed by atoms with van der Waals surface area (Å²) in [5.41, 5.74) is 0.951. The largest absolute Gasteiger partial charge is 0.414 e. The predicted octanol–water partition coefficient (Wildman–Crippen LogP) is 7.87. The van der Waals surface area contributed by atoms with Gasteiger partial charge in [0.25, 0.3) is 0 Å². The third-order valence-corrected chi connectivity index (χ3v) is 16.6. The zero-order chi connectivity index (χ0) is 22.4. The summed E-state index contributed by atoms with van der Waals surface area (Å²) in [5, 5.41) is 0. The van der Waals surface area contributed by atoms with E-state index in [2.05, 4.69) is 41.5 Å². The summed E-state index contributed by atoms with van der Waals surface area (Å²) in [7, 11) is -1.50. The van der Waals surface area contributed by atoms with E-state index in [-0.39, 0.29) is 5.92 Å². The first-order chi connectivity index (χ1) is 14.8. The maximum atomic E-state index is 11.6. The highest BCUT2D eigenvalue weighted by molar-refractivity contribution is 6.73. The van der Waals surface area contributed by atoms with E-state index in [4.69, 9.17) is 4.43 Å². The normalized spacial score (nSPS) is 46.0. The molecule has 4 aliphatic rings. The third kappa shape index (κ3) is 3.82. The summed E-state index contributed by atoms with van der Waals surface area (Å²) in [6.07, 6.45) is 14.1. The molecule has 0 bridgehead atoms. The molecule has 31 heavy (non-hydrogen) atoms. The van der Waals surface area contributed by atoms with Gasteiger partial charge in [-0.3, -0.25) is 0 Å². The van der Waals surface area contributed by atoms with Crippen molar-refractivity contribution in [3.8, 4) is 0 Å². The zero-order valence-electron chi connectivity index (χ0n) is 21.4. The van der Waals surface area contributed by atoms with Crippen LogP contribution in [0.1, 0.15) is 99.3 Å². The number of carbonyl (C=O) groups is 1. The van der Waals surface area contributed by atoms with Gasteiger partial charge in [-0.2, -0.15) is 0 Å². The van der Waals surface area contributed by atoms with Crippen LogP contribution < -0.4 is 0 Å². The van der Waals surface area contributed by atoms with Crippen molar-refractivity contribution in [1.29, 1.82) is 0 Å². The number of rotatable bonds is 7. The average Bonchev–Trinajstić information content (AvgIpc) is 3.14. The van der Waals surface area contributed by atoms with Crippen LogP contribution in [0.15, 0.2) is 0 Å². The lowest BCUT2D eigenvalue weighted by atomic mass is 9.44. The Morgan fingerprint density at radius 3 is 2.19 bits per heavy atom. The Morgan fingerprint density at radius 1 is 0.903 bits per heavy atom. The number of hydrogen-bond acceptors (Lipinski definition) is 2. The van der Waals surface area contributed by atoms with Crippen molar-refractivity contribution in [2.24, 2.45) is 46.3 Å². The zero-order valence-corrected chi connectivity index (χ0v) is 22.4. The standard InChI is InChI=1S/C28H50O2Si/c1-7-31(8-2,9-3)30-22-14-16-27(5)21(18-22)10-11-23-25-13-12-24(20(4)19-29)28(25,6)17-15-26(23)27/h19-26H,7-18H2,1-6H3/t20-,21?,22?,23+,24-,25+,26+,27+,28-/m1/s1. The highest BCUT2D eigenvalue weighted by Crippen LogP contribution is 2.68. The maximum Gasteiger partial charge on any atom is 0.192 e. The van der Waals surface area contributed by atoms with E-state index < -0.39 is 8.32 Å². The van der Waals surface area contributed by atoms with Crippen LogP contribution >= 0.6 is 0 Å². The monoisotopic (exact) mass is 446 g/mol. The molecule has 0 radical (unpaired) electrons. The minimum absolute atomic E-state index is 0.242. The Morgan fingerprint density at radius 2 is 1.55 bits per heavy atom. The molecule has 4 fully saturated rings. The van der Waals surface area contributed by atoms with Crippen LogP contribution in [0.4, 0.5) is 0 Å². The third-order valence-electron chi connectivity index (χ3n) is 11.9. The van der Waals surface area contributed by atoms with Crippen molar-refractivity contribution < 1.29 is 9.22 Å². The van der Waals surface area contributed by atoms with Gasteiger partial charge in [-0.05, 0) is 116 Å². The topological polar surface area (TPSA) is 26.3 Å². The summed E-state index contributed by atoms with van der Waals surface area (Å²) < 4.78 is 7.00. The van der Waals surface area contributed by atoms with Crippen LogP contribution in [0.5, 0.6) is 0 Å². The van der Waals surface area contributed by atoms with E-state index in [0.717, 1.165) is 23.7 Å². The Hall–Kier alpha value is -0.153. The van der Waals surface area contributed by atoms with E-state index in [9.17, 15) is 4.79 Å².